The van der Waals surface area contributed by atoms with Crippen LogP contribution in [0.5, 0.6) is 5.75 Å². The van der Waals surface area contributed by atoms with Crippen LogP contribution in [0.25, 0.3) is 16.9 Å². The second-order valence-electron chi connectivity index (χ2n) is 7.91. The van der Waals surface area contributed by atoms with Gasteiger partial charge in [0.1, 0.15) is 11.6 Å². The molecule has 0 saturated carbocycles. The largest absolute Gasteiger partial charge is 0.771 e. The van der Waals surface area contributed by atoms with Gasteiger partial charge in [-0.05, 0) is 23.2 Å². The van der Waals surface area contributed by atoms with Gasteiger partial charge in [0, 0.05) is 51.0 Å². The quantitative estimate of drug-likeness (QED) is 0.559. The van der Waals surface area contributed by atoms with Crippen molar-refractivity contribution < 1.29 is 18.6 Å². The molecule has 2 aliphatic rings. The minimum Gasteiger partial charge on any atom is -0.771 e. The van der Waals surface area contributed by atoms with Crippen LogP contribution in [0.1, 0.15) is 0 Å². The molecular weight excluding hydrogens is 432 g/mol. The number of aromatic hydroxyl groups is 1. The van der Waals surface area contributed by atoms with Gasteiger partial charge in [-0.15, -0.1) is 0 Å². The molecule has 0 amide bonds. The number of fused-ring (bicyclic) bond motifs is 1. The molecule has 2 aromatic heterocycles. The Kier molecular flexibility index (Phi) is 5.96. The lowest BCUT2D eigenvalue weighted by atomic mass is 10.1. The molecule has 1 N–H and O–H groups in total. The average Bonchev–Trinajstić information content (AvgIpc) is 3.23. The summed E-state index contributed by atoms with van der Waals surface area (Å²) in [6, 6.07) is 7.18. The van der Waals surface area contributed by atoms with Crippen LogP contribution in [0.3, 0.4) is 0 Å². The van der Waals surface area contributed by atoms with E-state index in [0.29, 0.717) is 50.7 Å². The standard InChI is InChI=1S/C21H26N6O4S/c28-18-4-2-1-3-16(18)17-14-27-19(25-7-5-24(6-8-25)15-32(29)30)13-22-20(27)21(23-17)26-9-11-31-12-10-26/h1-4,13-14,28H,5-12,15H2,(H,29,30)/p-1. The van der Waals surface area contributed by atoms with E-state index in [1.54, 1.807) is 12.1 Å². The van der Waals surface area contributed by atoms with Gasteiger partial charge in [0.2, 0.25) is 0 Å². The number of anilines is 2. The Balaban J connectivity index is 1.55. The number of phenols is 1. The Labute approximate surface area is 188 Å². The molecule has 2 fully saturated rings. The molecule has 3 aromatic rings. The molecule has 0 bridgehead atoms. The molecule has 0 aliphatic carbocycles. The third kappa shape index (κ3) is 4.16. The van der Waals surface area contributed by atoms with Crippen LogP contribution in [0.4, 0.5) is 11.6 Å². The summed E-state index contributed by atoms with van der Waals surface area (Å²) in [7, 11) is 0. The number of hydrogen-bond acceptors (Lipinski definition) is 9. The van der Waals surface area contributed by atoms with Gasteiger partial charge in [0.25, 0.3) is 0 Å². The van der Waals surface area contributed by atoms with Crippen LogP contribution >= 0.6 is 0 Å². The van der Waals surface area contributed by atoms with Crippen LogP contribution in [0.15, 0.2) is 36.7 Å². The van der Waals surface area contributed by atoms with E-state index in [2.05, 4.69) is 9.80 Å². The summed E-state index contributed by atoms with van der Waals surface area (Å²) in [6.07, 6.45) is 3.76. The SMILES string of the molecule is O=S([O-])CN1CCN(c2cnc3c(N4CCOCC4)nc(-c4ccccc4O)cn23)CC1. The van der Waals surface area contributed by atoms with Crippen molar-refractivity contribution in [1.29, 1.82) is 0 Å². The maximum Gasteiger partial charge on any atom is 0.181 e. The summed E-state index contributed by atoms with van der Waals surface area (Å²) in [5.41, 5.74) is 2.08. The minimum atomic E-state index is -2.07. The van der Waals surface area contributed by atoms with Gasteiger partial charge < -0.3 is 24.2 Å². The number of nitrogens with zero attached hydrogens (tertiary/aromatic N) is 6. The molecule has 4 heterocycles. The maximum absolute atomic E-state index is 11.0. The van der Waals surface area contributed by atoms with E-state index in [1.807, 2.05) is 33.8 Å². The summed E-state index contributed by atoms with van der Waals surface area (Å²) in [5, 5.41) is 10.4. The van der Waals surface area contributed by atoms with Crippen LogP contribution in [-0.4, -0.2) is 91.5 Å². The summed E-state index contributed by atoms with van der Waals surface area (Å²) >= 11 is -2.07. The number of hydrogen-bond donors (Lipinski definition) is 1. The number of aromatic nitrogens is 3. The zero-order valence-electron chi connectivity index (χ0n) is 17.6. The molecule has 1 unspecified atom stereocenters. The molecule has 0 radical (unpaired) electrons. The van der Waals surface area contributed by atoms with Crippen molar-refractivity contribution in [3.05, 3.63) is 36.7 Å². The van der Waals surface area contributed by atoms with Crippen molar-refractivity contribution in [1.82, 2.24) is 19.3 Å². The lowest BCUT2D eigenvalue weighted by Crippen LogP contribution is -2.47. The average molecular weight is 458 g/mol. The topological polar surface area (TPSA) is 110 Å². The van der Waals surface area contributed by atoms with Crippen molar-refractivity contribution in [3.8, 4) is 17.0 Å². The van der Waals surface area contributed by atoms with E-state index >= 15 is 0 Å². The number of piperazine rings is 1. The van der Waals surface area contributed by atoms with Crippen molar-refractivity contribution >= 4 is 28.4 Å². The van der Waals surface area contributed by atoms with Crippen molar-refractivity contribution in [2.45, 2.75) is 0 Å². The number of imidazole rings is 1. The number of rotatable bonds is 5. The highest BCUT2D eigenvalue weighted by atomic mass is 32.2. The predicted octanol–water partition coefficient (Wildman–Crippen LogP) is 0.897. The number of ether oxygens (including phenoxy) is 1. The van der Waals surface area contributed by atoms with E-state index in [-0.39, 0.29) is 11.6 Å². The van der Waals surface area contributed by atoms with E-state index in [0.717, 1.165) is 30.4 Å². The molecule has 1 atom stereocenters. The Morgan fingerprint density at radius 3 is 2.53 bits per heavy atom. The highest BCUT2D eigenvalue weighted by Crippen LogP contribution is 2.32. The summed E-state index contributed by atoms with van der Waals surface area (Å²) in [5.74, 6) is 1.93. The Bertz CT molecular complexity index is 1120. The second kappa shape index (κ2) is 9.02. The van der Waals surface area contributed by atoms with Crippen LogP contribution < -0.4 is 9.80 Å². The molecular formula is C21H25N6O4S-. The lowest BCUT2D eigenvalue weighted by Gasteiger charge is -2.35. The Hall–Kier alpha value is -2.73. The number of benzene rings is 1. The van der Waals surface area contributed by atoms with Gasteiger partial charge >= 0.3 is 0 Å². The van der Waals surface area contributed by atoms with E-state index in [1.165, 1.54) is 0 Å². The molecule has 5 rings (SSSR count). The molecule has 2 saturated heterocycles. The minimum absolute atomic E-state index is 0.0591. The van der Waals surface area contributed by atoms with Gasteiger partial charge in [0.15, 0.2) is 11.5 Å². The van der Waals surface area contributed by atoms with E-state index in [4.69, 9.17) is 14.7 Å². The summed E-state index contributed by atoms with van der Waals surface area (Å²) in [4.78, 5) is 15.9. The fourth-order valence-electron chi connectivity index (χ4n) is 4.26. The van der Waals surface area contributed by atoms with Crippen LogP contribution in [0.2, 0.25) is 0 Å². The number of phenolic OH excluding ortho intramolecular Hbond substituents is 1. The van der Waals surface area contributed by atoms with Gasteiger partial charge in [-0.3, -0.25) is 13.5 Å². The van der Waals surface area contributed by atoms with Crippen molar-refractivity contribution in [2.75, 3.05) is 68.2 Å². The highest BCUT2D eigenvalue weighted by molar-refractivity contribution is 7.79. The molecule has 170 valence electrons. The maximum atomic E-state index is 11.0. The first-order valence-corrected chi connectivity index (χ1v) is 11.9. The lowest BCUT2D eigenvalue weighted by molar-refractivity contribution is 0.122. The molecule has 32 heavy (non-hydrogen) atoms. The highest BCUT2D eigenvalue weighted by Gasteiger charge is 2.24. The summed E-state index contributed by atoms with van der Waals surface area (Å²) < 4.78 is 29.6. The van der Waals surface area contributed by atoms with E-state index < -0.39 is 11.1 Å². The van der Waals surface area contributed by atoms with Crippen LogP contribution in [0, 0.1) is 0 Å². The Morgan fingerprint density at radius 1 is 1.06 bits per heavy atom. The normalized spacial score (nSPS) is 18.9. The fourth-order valence-corrected chi connectivity index (χ4v) is 4.81. The zero-order valence-corrected chi connectivity index (χ0v) is 18.4. The van der Waals surface area contributed by atoms with E-state index in [9.17, 15) is 13.9 Å². The predicted molar refractivity (Wildman–Crippen MR) is 121 cm³/mol. The zero-order chi connectivity index (χ0) is 22.1. The molecule has 1 aromatic carbocycles. The molecule has 10 nitrogen and oxygen atoms in total. The smallest absolute Gasteiger partial charge is 0.181 e. The Morgan fingerprint density at radius 2 is 1.81 bits per heavy atom. The summed E-state index contributed by atoms with van der Waals surface area (Å²) in [6.45, 7) is 5.43. The second-order valence-corrected chi connectivity index (χ2v) is 8.78. The number of morpholine rings is 1. The van der Waals surface area contributed by atoms with Gasteiger partial charge in [0.05, 0.1) is 31.0 Å². The molecule has 11 heteroatoms. The first kappa shape index (κ1) is 21.1. The fraction of sp³-hybridized carbons (Fsp3) is 0.429. The van der Waals surface area contributed by atoms with Crippen molar-refractivity contribution in [2.24, 2.45) is 0 Å². The van der Waals surface area contributed by atoms with Gasteiger partial charge in [-0.2, -0.15) is 0 Å². The first-order chi connectivity index (χ1) is 15.6. The third-order valence-electron chi connectivity index (χ3n) is 5.93. The van der Waals surface area contributed by atoms with Crippen molar-refractivity contribution in [3.63, 3.8) is 0 Å². The third-order valence-corrected chi connectivity index (χ3v) is 6.51. The molecule has 0 spiro atoms. The number of para-hydroxylation sites is 1. The first-order valence-electron chi connectivity index (χ1n) is 10.6. The van der Waals surface area contributed by atoms with Crippen LogP contribution in [-0.2, 0) is 15.8 Å². The monoisotopic (exact) mass is 457 g/mol. The molecule has 2 aliphatic heterocycles. The van der Waals surface area contributed by atoms with Gasteiger partial charge in [-0.25, -0.2) is 9.97 Å². The van der Waals surface area contributed by atoms with Gasteiger partial charge in [-0.1, -0.05) is 12.1 Å².